The molecule has 0 aliphatic carbocycles. The summed E-state index contributed by atoms with van der Waals surface area (Å²) in [5.41, 5.74) is 4.96. The fourth-order valence-electron chi connectivity index (χ4n) is 4.27. The number of hydrogen-bond donors (Lipinski definition) is 1. The summed E-state index contributed by atoms with van der Waals surface area (Å²) in [4.78, 5) is 20.2. The van der Waals surface area contributed by atoms with E-state index >= 15 is 0 Å². The number of aryl methyl sites for hydroxylation is 2. The van der Waals surface area contributed by atoms with Gasteiger partial charge in [-0.2, -0.15) is 5.10 Å². The Bertz CT molecular complexity index is 1190. The second-order valence-electron chi connectivity index (χ2n) is 8.91. The lowest BCUT2D eigenvalue weighted by molar-refractivity contribution is -0.110. The van der Waals surface area contributed by atoms with Crippen LogP contribution in [0.1, 0.15) is 42.9 Å². The van der Waals surface area contributed by atoms with Crippen LogP contribution in [0.2, 0.25) is 0 Å². The summed E-state index contributed by atoms with van der Waals surface area (Å²) in [6, 6.07) is 11.0. The number of aliphatic imine (C=N–C) groups is 1. The molecule has 2 heterocycles. The van der Waals surface area contributed by atoms with Crippen LogP contribution in [0.15, 0.2) is 53.8 Å². The van der Waals surface area contributed by atoms with E-state index in [-0.39, 0.29) is 5.69 Å². The minimum Gasteiger partial charge on any atom is -0.318 e. The van der Waals surface area contributed by atoms with Crippen molar-refractivity contribution in [3.8, 4) is 11.1 Å². The molecule has 1 aliphatic rings. The first-order valence-corrected chi connectivity index (χ1v) is 11.9. The van der Waals surface area contributed by atoms with Crippen LogP contribution >= 0.6 is 0 Å². The molecule has 1 amide bonds. The van der Waals surface area contributed by atoms with Crippen molar-refractivity contribution in [3.05, 3.63) is 71.3 Å². The summed E-state index contributed by atoms with van der Waals surface area (Å²) in [6.45, 7) is 7.30. The van der Waals surface area contributed by atoms with Crippen LogP contribution in [0.4, 0.5) is 10.1 Å². The molecule has 4 rings (SSSR count). The number of aromatic nitrogens is 2. The maximum atomic E-state index is 14.9. The van der Waals surface area contributed by atoms with Gasteiger partial charge < -0.3 is 5.32 Å². The van der Waals surface area contributed by atoms with Crippen molar-refractivity contribution in [2.24, 2.45) is 12.0 Å². The maximum Gasteiger partial charge on any atom is 0.274 e. The van der Waals surface area contributed by atoms with Gasteiger partial charge in [-0.15, -0.1) is 0 Å². The fraction of sp³-hybridized carbons (Fsp3) is 0.370. The van der Waals surface area contributed by atoms with E-state index < -0.39 is 11.7 Å². The molecule has 0 unspecified atom stereocenters. The lowest BCUT2D eigenvalue weighted by Crippen LogP contribution is -2.26. The van der Waals surface area contributed by atoms with Crippen LogP contribution in [0.25, 0.3) is 11.1 Å². The Kier molecular flexibility index (Phi) is 7.53. The molecule has 2 aromatic carbocycles. The fourth-order valence-corrected chi connectivity index (χ4v) is 4.27. The maximum absolute atomic E-state index is 14.9. The van der Waals surface area contributed by atoms with Crippen LogP contribution in [0, 0.1) is 12.7 Å². The highest BCUT2D eigenvalue weighted by molar-refractivity contribution is 6.49. The molecule has 1 aromatic heterocycles. The van der Waals surface area contributed by atoms with E-state index in [1.165, 1.54) is 18.9 Å². The van der Waals surface area contributed by atoms with Gasteiger partial charge in [0.05, 0.1) is 11.9 Å². The number of benzene rings is 2. The number of halogens is 1. The number of amides is 1. The molecule has 1 N–H and O–H groups in total. The van der Waals surface area contributed by atoms with Gasteiger partial charge in [-0.1, -0.05) is 25.1 Å². The minimum atomic E-state index is -0.430. The Morgan fingerprint density at radius 2 is 1.94 bits per heavy atom. The number of hydrogen-bond acceptors (Lipinski definition) is 4. The minimum absolute atomic E-state index is 0.167. The van der Waals surface area contributed by atoms with Crippen molar-refractivity contribution in [2.75, 3.05) is 25.0 Å². The Labute approximate surface area is 200 Å². The summed E-state index contributed by atoms with van der Waals surface area (Å²) in [5.74, 6) is -0.841. The molecule has 0 radical (unpaired) electrons. The van der Waals surface area contributed by atoms with Gasteiger partial charge in [0, 0.05) is 37.5 Å². The average Bonchev–Trinajstić information content (AvgIpc) is 3.49. The van der Waals surface area contributed by atoms with Gasteiger partial charge >= 0.3 is 0 Å². The van der Waals surface area contributed by atoms with Gasteiger partial charge in [-0.25, -0.2) is 4.39 Å². The van der Waals surface area contributed by atoms with Crippen molar-refractivity contribution >= 4 is 17.3 Å². The highest BCUT2D eigenvalue weighted by Gasteiger charge is 2.19. The molecular formula is C27H32FN5O. The number of nitrogens with one attached hydrogen (secondary N) is 1. The molecule has 34 heavy (non-hydrogen) atoms. The van der Waals surface area contributed by atoms with E-state index in [2.05, 4.69) is 20.3 Å². The molecule has 3 aromatic rings. The lowest BCUT2D eigenvalue weighted by atomic mass is 9.97. The highest BCUT2D eigenvalue weighted by Crippen LogP contribution is 2.24. The molecule has 1 fully saturated rings. The van der Waals surface area contributed by atoms with Gasteiger partial charge in [0.1, 0.15) is 11.5 Å². The lowest BCUT2D eigenvalue weighted by Gasteiger charge is -2.16. The summed E-state index contributed by atoms with van der Waals surface area (Å²) < 4.78 is 16.6. The van der Waals surface area contributed by atoms with Crippen molar-refractivity contribution in [1.82, 2.24) is 14.7 Å². The normalized spacial score (nSPS) is 14.5. The van der Waals surface area contributed by atoms with Gasteiger partial charge in [-0.05, 0) is 74.2 Å². The summed E-state index contributed by atoms with van der Waals surface area (Å²) in [6.07, 6.45) is 6.90. The first-order chi connectivity index (χ1) is 16.4. The zero-order valence-electron chi connectivity index (χ0n) is 20.1. The highest BCUT2D eigenvalue weighted by atomic mass is 19.1. The first-order valence-electron chi connectivity index (χ1n) is 11.9. The zero-order chi connectivity index (χ0) is 24.1. The number of likely N-dealkylation sites (tertiary alicyclic amines) is 1. The van der Waals surface area contributed by atoms with E-state index in [1.54, 1.807) is 16.9 Å². The van der Waals surface area contributed by atoms with Crippen molar-refractivity contribution < 1.29 is 9.18 Å². The smallest absolute Gasteiger partial charge is 0.274 e. The Hall–Kier alpha value is -3.32. The Balaban J connectivity index is 1.58. The van der Waals surface area contributed by atoms with Crippen molar-refractivity contribution in [3.63, 3.8) is 0 Å². The SMILES string of the molecule is CCCN=C(C(=O)Nc1ccc(CN2CCCC2)cc1F)c1cc(-c2cnn(C)c2)ccc1C. The second kappa shape index (κ2) is 10.7. The molecule has 178 valence electrons. The van der Waals surface area contributed by atoms with Crippen LogP contribution in [-0.4, -0.2) is 45.9 Å². The van der Waals surface area contributed by atoms with E-state index in [9.17, 15) is 9.18 Å². The molecular weight excluding hydrogens is 429 g/mol. The van der Waals surface area contributed by atoms with Gasteiger partial charge in [-0.3, -0.25) is 19.4 Å². The van der Waals surface area contributed by atoms with E-state index in [0.29, 0.717) is 12.3 Å². The van der Waals surface area contributed by atoms with Gasteiger partial charge in [0.25, 0.3) is 5.91 Å². The largest absolute Gasteiger partial charge is 0.318 e. The third-order valence-corrected chi connectivity index (χ3v) is 6.13. The van der Waals surface area contributed by atoms with Crippen LogP contribution in [0.3, 0.4) is 0 Å². The topological polar surface area (TPSA) is 62.5 Å². The molecule has 0 saturated carbocycles. The number of carbonyl (C=O) groups is 1. The molecule has 0 spiro atoms. The number of nitrogens with zero attached hydrogens (tertiary/aromatic N) is 4. The van der Waals surface area contributed by atoms with Gasteiger partial charge in [0.2, 0.25) is 0 Å². The molecule has 0 bridgehead atoms. The molecule has 0 atom stereocenters. The van der Waals surface area contributed by atoms with E-state index in [4.69, 9.17) is 0 Å². The predicted octanol–water partition coefficient (Wildman–Crippen LogP) is 4.97. The molecule has 1 aliphatic heterocycles. The van der Waals surface area contributed by atoms with Crippen molar-refractivity contribution in [2.45, 2.75) is 39.7 Å². The van der Waals surface area contributed by atoms with Crippen LogP contribution in [-0.2, 0) is 18.4 Å². The van der Waals surface area contributed by atoms with E-state index in [1.807, 2.05) is 51.4 Å². The number of anilines is 1. The third kappa shape index (κ3) is 5.59. The van der Waals surface area contributed by atoms with Gasteiger partial charge in [0.15, 0.2) is 0 Å². The number of rotatable bonds is 8. The average molecular weight is 462 g/mol. The second-order valence-corrected chi connectivity index (χ2v) is 8.91. The first kappa shape index (κ1) is 23.8. The Morgan fingerprint density at radius 3 is 2.62 bits per heavy atom. The predicted molar refractivity (Wildman–Crippen MR) is 135 cm³/mol. The quantitative estimate of drug-likeness (QED) is 0.482. The third-order valence-electron chi connectivity index (χ3n) is 6.13. The summed E-state index contributed by atoms with van der Waals surface area (Å²) >= 11 is 0. The van der Waals surface area contributed by atoms with Crippen LogP contribution in [0.5, 0.6) is 0 Å². The molecule has 6 nitrogen and oxygen atoms in total. The monoisotopic (exact) mass is 461 g/mol. The summed E-state index contributed by atoms with van der Waals surface area (Å²) in [5, 5.41) is 7.00. The van der Waals surface area contributed by atoms with E-state index in [0.717, 1.165) is 53.9 Å². The standard InChI is InChI=1S/C27H32FN5O/c1-4-11-29-26(23-15-21(9-7-19(23)2)22-16-30-32(3)18-22)27(34)31-25-10-8-20(14-24(25)28)17-33-12-5-6-13-33/h7-10,14-16,18H,4-6,11-13,17H2,1-3H3,(H,31,34). The van der Waals surface area contributed by atoms with Crippen LogP contribution < -0.4 is 5.32 Å². The van der Waals surface area contributed by atoms with Crippen molar-refractivity contribution in [1.29, 1.82) is 0 Å². The number of carbonyl (C=O) groups excluding carboxylic acids is 1. The summed E-state index contributed by atoms with van der Waals surface area (Å²) in [7, 11) is 1.87. The zero-order valence-corrected chi connectivity index (χ0v) is 20.1. The molecule has 1 saturated heterocycles. The Morgan fingerprint density at radius 1 is 1.15 bits per heavy atom. The molecule has 7 heteroatoms.